The molecule has 0 spiro atoms. The van der Waals surface area contributed by atoms with Crippen molar-refractivity contribution >= 4 is 14.2 Å². The Kier molecular flexibility index (Phi) is 6.95. The smallest absolute Gasteiger partial charge is 0.257 e. The second kappa shape index (κ2) is 8.83. The van der Waals surface area contributed by atoms with Crippen molar-refractivity contribution in [2.24, 2.45) is 0 Å². The quantitative estimate of drug-likeness (QED) is 0.396. The Morgan fingerprint density at radius 1 is 1.21 bits per heavy atom. The molecule has 2 rings (SSSR count). The summed E-state index contributed by atoms with van der Waals surface area (Å²) in [6, 6.07) is 10.8. The van der Waals surface area contributed by atoms with E-state index in [1.807, 2.05) is 30.3 Å². The molecule has 0 aliphatic carbocycles. The fourth-order valence-electron chi connectivity index (χ4n) is 2.48. The molecule has 1 amide bonds. The van der Waals surface area contributed by atoms with Gasteiger partial charge in [-0.2, -0.15) is 9.12 Å². The summed E-state index contributed by atoms with van der Waals surface area (Å²) in [7, 11) is -1.95. The molecular formula is C21H29FN2O3Si. The molecule has 1 aromatic carbocycles. The van der Waals surface area contributed by atoms with Crippen LogP contribution in [0.3, 0.4) is 0 Å². The molecule has 7 heteroatoms. The van der Waals surface area contributed by atoms with Gasteiger partial charge in [-0.15, -0.1) is 0 Å². The summed E-state index contributed by atoms with van der Waals surface area (Å²) in [6.45, 7) is 11.8. The van der Waals surface area contributed by atoms with Crippen LogP contribution in [0.15, 0.2) is 48.8 Å². The molecule has 0 aliphatic rings. The van der Waals surface area contributed by atoms with Crippen molar-refractivity contribution in [2.75, 3.05) is 13.2 Å². The Morgan fingerprint density at radius 2 is 1.86 bits per heavy atom. The van der Waals surface area contributed by atoms with E-state index >= 15 is 0 Å². The van der Waals surface area contributed by atoms with Crippen LogP contribution in [0.4, 0.5) is 4.39 Å². The molecule has 0 unspecified atom stereocenters. The number of rotatable bonds is 7. The molecule has 0 bridgehead atoms. The minimum Gasteiger partial charge on any atom is -0.619 e. The Hall–Kier alpha value is -2.25. The van der Waals surface area contributed by atoms with E-state index < -0.39 is 20.0 Å². The minimum atomic E-state index is -1.95. The largest absolute Gasteiger partial charge is 0.619 e. The van der Waals surface area contributed by atoms with Gasteiger partial charge in [-0.05, 0) is 23.7 Å². The van der Waals surface area contributed by atoms with Crippen molar-refractivity contribution in [3.8, 4) is 0 Å². The van der Waals surface area contributed by atoms with Crippen molar-refractivity contribution in [1.29, 1.82) is 0 Å². The Bertz CT molecular complexity index is 807. The lowest BCUT2D eigenvalue weighted by atomic mass is 10.1. The normalized spacial score (nSPS) is 12.1. The van der Waals surface area contributed by atoms with Gasteiger partial charge in [0.1, 0.15) is 0 Å². The summed E-state index contributed by atoms with van der Waals surface area (Å²) >= 11 is 0. The zero-order valence-electron chi connectivity index (χ0n) is 17.2. The third-order valence-electron chi connectivity index (χ3n) is 5.25. The summed E-state index contributed by atoms with van der Waals surface area (Å²) in [5.74, 6) is -1.29. The van der Waals surface area contributed by atoms with Crippen LogP contribution in [0.25, 0.3) is 0 Å². The Morgan fingerprint density at radius 3 is 2.43 bits per heavy atom. The van der Waals surface area contributed by atoms with Crippen molar-refractivity contribution < 1.29 is 18.3 Å². The molecule has 0 saturated carbocycles. The van der Waals surface area contributed by atoms with Crippen molar-refractivity contribution in [2.45, 2.75) is 45.4 Å². The second-order valence-electron chi connectivity index (χ2n) is 8.39. The highest BCUT2D eigenvalue weighted by Crippen LogP contribution is 2.36. The van der Waals surface area contributed by atoms with Gasteiger partial charge < -0.3 is 14.5 Å². The van der Waals surface area contributed by atoms with Crippen LogP contribution in [0.1, 0.15) is 36.7 Å². The van der Waals surface area contributed by atoms with Crippen LogP contribution in [0.2, 0.25) is 18.1 Å². The summed E-state index contributed by atoms with van der Waals surface area (Å²) in [5.41, 5.74) is 0.828. The monoisotopic (exact) mass is 404 g/mol. The fourth-order valence-corrected chi connectivity index (χ4v) is 3.51. The van der Waals surface area contributed by atoms with Crippen LogP contribution in [-0.4, -0.2) is 32.3 Å². The zero-order valence-corrected chi connectivity index (χ0v) is 18.2. The first-order valence-electron chi connectivity index (χ1n) is 9.37. The van der Waals surface area contributed by atoms with Gasteiger partial charge in [-0.3, -0.25) is 4.79 Å². The van der Waals surface area contributed by atoms with Crippen LogP contribution in [0.5, 0.6) is 0 Å². The van der Waals surface area contributed by atoms with E-state index in [-0.39, 0.29) is 10.6 Å². The van der Waals surface area contributed by atoms with E-state index in [0.29, 0.717) is 24.4 Å². The lowest BCUT2D eigenvalue weighted by Crippen LogP contribution is -2.43. The minimum absolute atomic E-state index is 0.0640. The van der Waals surface area contributed by atoms with Gasteiger partial charge in [0, 0.05) is 19.2 Å². The summed E-state index contributed by atoms with van der Waals surface area (Å²) in [4.78, 5) is 14.5. The molecule has 0 aliphatic heterocycles. The van der Waals surface area contributed by atoms with Gasteiger partial charge in [0.05, 0.1) is 12.2 Å². The molecule has 28 heavy (non-hydrogen) atoms. The van der Waals surface area contributed by atoms with Gasteiger partial charge in [-0.1, -0.05) is 51.1 Å². The molecule has 152 valence electrons. The molecule has 1 aromatic heterocycles. The number of halogens is 1. The lowest BCUT2D eigenvalue weighted by molar-refractivity contribution is -0.607. The second-order valence-corrected chi connectivity index (χ2v) is 13.2. The van der Waals surface area contributed by atoms with E-state index in [0.717, 1.165) is 18.0 Å². The van der Waals surface area contributed by atoms with E-state index in [2.05, 4.69) is 33.9 Å². The van der Waals surface area contributed by atoms with Crippen LogP contribution in [-0.2, 0) is 11.0 Å². The van der Waals surface area contributed by atoms with E-state index in [1.165, 1.54) is 6.07 Å². The average Bonchev–Trinajstić information content (AvgIpc) is 2.60. The number of nitrogens with zero attached hydrogens (tertiary/aromatic N) is 2. The van der Waals surface area contributed by atoms with Gasteiger partial charge in [0.15, 0.2) is 14.5 Å². The highest BCUT2D eigenvalue weighted by Gasteiger charge is 2.37. The maximum Gasteiger partial charge on any atom is 0.257 e. The maximum atomic E-state index is 14.2. The Balaban J connectivity index is 2.18. The summed E-state index contributed by atoms with van der Waals surface area (Å²) in [5, 5.41) is 11.3. The van der Waals surface area contributed by atoms with Crippen molar-refractivity contribution in [1.82, 2.24) is 4.90 Å². The Labute approximate surface area is 167 Å². The van der Waals surface area contributed by atoms with Crippen LogP contribution >= 0.6 is 0 Å². The van der Waals surface area contributed by atoms with E-state index in [1.54, 1.807) is 4.90 Å². The predicted octanol–water partition coefficient (Wildman–Crippen LogP) is 4.12. The van der Waals surface area contributed by atoms with E-state index in [9.17, 15) is 14.4 Å². The maximum absolute atomic E-state index is 14.2. The highest BCUT2D eigenvalue weighted by molar-refractivity contribution is 6.74. The molecule has 0 atom stereocenters. The zero-order chi connectivity index (χ0) is 20.9. The first-order valence-corrected chi connectivity index (χ1v) is 12.3. The lowest BCUT2D eigenvalue weighted by Gasteiger charge is -2.36. The van der Waals surface area contributed by atoms with Crippen LogP contribution in [0, 0.1) is 11.0 Å². The number of benzene rings is 1. The average molecular weight is 405 g/mol. The predicted molar refractivity (Wildman–Crippen MR) is 110 cm³/mol. The van der Waals surface area contributed by atoms with Crippen LogP contribution < -0.4 is 4.73 Å². The molecule has 2 aromatic rings. The highest BCUT2D eigenvalue weighted by atomic mass is 28.4. The molecule has 0 saturated heterocycles. The summed E-state index contributed by atoms with van der Waals surface area (Å²) in [6.07, 6.45) is 1.89. The topological polar surface area (TPSA) is 56.5 Å². The van der Waals surface area contributed by atoms with E-state index in [4.69, 9.17) is 4.43 Å². The number of carbonyl (C=O) groups is 1. The number of pyridine rings is 1. The molecule has 0 fully saturated rings. The summed E-state index contributed by atoms with van der Waals surface area (Å²) < 4.78 is 20.7. The van der Waals surface area contributed by atoms with Crippen molar-refractivity contribution in [3.05, 3.63) is 70.9 Å². The first kappa shape index (κ1) is 22.0. The number of aromatic nitrogens is 1. The number of hydrogen-bond acceptors (Lipinski definition) is 3. The fraction of sp³-hybridized carbons (Fsp3) is 0.429. The first-order chi connectivity index (χ1) is 13.0. The number of amides is 1. The number of carbonyl (C=O) groups excluding carboxylic acids is 1. The van der Waals surface area contributed by atoms with Gasteiger partial charge in [0.2, 0.25) is 12.0 Å². The molecular weight excluding hydrogens is 375 g/mol. The molecule has 0 N–H and O–H groups in total. The van der Waals surface area contributed by atoms with Gasteiger partial charge >= 0.3 is 0 Å². The number of hydrogen-bond donors (Lipinski definition) is 0. The molecule has 0 radical (unpaired) electrons. The molecule has 1 heterocycles. The SMILES string of the molecule is CC(C)(C)[Si](C)(C)OCCN(Cc1ccccc1)C(=O)c1cc[n+]([O-])cc1F. The molecule has 5 nitrogen and oxygen atoms in total. The van der Waals surface area contributed by atoms with Gasteiger partial charge in [0.25, 0.3) is 5.91 Å². The van der Waals surface area contributed by atoms with Gasteiger partial charge in [-0.25, -0.2) is 0 Å². The van der Waals surface area contributed by atoms with Crippen molar-refractivity contribution in [3.63, 3.8) is 0 Å². The third kappa shape index (κ3) is 5.62. The third-order valence-corrected chi connectivity index (χ3v) is 9.79. The standard InChI is InChI=1S/C21H29FN2O3Si/c1-21(2,3)28(4,5)27-14-13-23(15-17-9-7-6-8-10-17)20(25)18-11-12-24(26)16-19(18)22/h6-12,16H,13-15H2,1-5H3.